The zero-order valence-electron chi connectivity index (χ0n) is 16.5. The van der Waals surface area contributed by atoms with Crippen LogP contribution in [0, 0.1) is 27.9 Å². The van der Waals surface area contributed by atoms with Crippen LogP contribution in [0.2, 0.25) is 0 Å². The fraction of sp³-hybridized carbons (Fsp3) is 0.263. The van der Waals surface area contributed by atoms with Crippen LogP contribution in [-0.2, 0) is 0 Å². The van der Waals surface area contributed by atoms with Crippen LogP contribution < -0.4 is 11.2 Å². The van der Waals surface area contributed by atoms with Gasteiger partial charge >= 0.3 is 0 Å². The third-order valence-electron chi connectivity index (χ3n) is 5.70. The van der Waals surface area contributed by atoms with Crippen molar-refractivity contribution in [2.24, 2.45) is 22.9 Å². The number of aromatic nitrogens is 5. The molecule has 13 nitrogen and oxygen atoms in total. The number of nitro groups is 1. The molecule has 2 bridgehead atoms. The van der Waals surface area contributed by atoms with Crippen LogP contribution in [0.5, 0.6) is 0 Å². The van der Waals surface area contributed by atoms with Crippen LogP contribution in [0.15, 0.2) is 46.1 Å². The highest BCUT2D eigenvalue weighted by Crippen LogP contribution is 2.42. The Balaban J connectivity index is 1.45. The first-order chi connectivity index (χ1) is 15.5. The van der Waals surface area contributed by atoms with Crippen molar-refractivity contribution in [1.29, 1.82) is 0 Å². The van der Waals surface area contributed by atoms with Gasteiger partial charge in [-0.05, 0) is 47.1 Å². The van der Waals surface area contributed by atoms with Gasteiger partial charge in [0.05, 0.1) is 4.92 Å². The van der Waals surface area contributed by atoms with E-state index in [4.69, 9.17) is 5.73 Å². The minimum absolute atomic E-state index is 0.0298. The number of nitrogens with two attached hydrogens (primary N) is 1. The summed E-state index contributed by atoms with van der Waals surface area (Å²) in [6.07, 6.45) is 8.31. The number of nitro benzene ring substituents is 1. The van der Waals surface area contributed by atoms with Crippen molar-refractivity contribution in [1.82, 2.24) is 30.7 Å². The van der Waals surface area contributed by atoms with Crippen molar-refractivity contribution >= 4 is 23.6 Å². The summed E-state index contributed by atoms with van der Waals surface area (Å²) in [5.74, 6) is 0.697. The standard InChI is InChI=1S/C19H17N9O4/c20-17-18(25-32-24-17)27-16(11-3-5-14(6-4-11)28(30)31)15(22-26-27)19(29)23-21-9-13-8-10-1-2-12(13)7-10/h1-6,9-10,12-13H,7-8H2,(H2,20,24)(H,23,29). The van der Waals surface area contributed by atoms with Crippen molar-refractivity contribution in [3.8, 4) is 17.1 Å². The van der Waals surface area contributed by atoms with E-state index < -0.39 is 10.8 Å². The third kappa shape index (κ3) is 3.38. The van der Waals surface area contributed by atoms with Gasteiger partial charge in [0, 0.05) is 29.8 Å². The summed E-state index contributed by atoms with van der Waals surface area (Å²) in [5, 5.41) is 30.2. The number of allylic oxidation sites excluding steroid dienone is 2. The summed E-state index contributed by atoms with van der Waals surface area (Å²) in [7, 11) is 0. The fourth-order valence-corrected chi connectivity index (χ4v) is 4.16. The van der Waals surface area contributed by atoms with Gasteiger partial charge in [0.1, 0.15) is 5.69 Å². The average molecular weight is 435 g/mol. The number of benzene rings is 1. The van der Waals surface area contributed by atoms with E-state index >= 15 is 0 Å². The quantitative estimate of drug-likeness (QED) is 0.252. The number of fused-ring (bicyclic) bond motifs is 2. The van der Waals surface area contributed by atoms with E-state index in [9.17, 15) is 14.9 Å². The molecule has 2 aromatic heterocycles. The minimum atomic E-state index is -0.602. The molecule has 3 N–H and O–H groups in total. The Morgan fingerprint density at radius 3 is 2.72 bits per heavy atom. The van der Waals surface area contributed by atoms with Crippen molar-refractivity contribution < 1.29 is 14.3 Å². The normalized spacial score (nSPS) is 21.4. The predicted octanol–water partition coefficient (Wildman–Crippen LogP) is 1.74. The molecular formula is C19H17N9O4. The maximum Gasteiger partial charge on any atom is 0.294 e. The predicted molar refractivity (Wildman–Crippen MR) is 111 cm³/mol. The first kappa shape index (κ1) is 19.5. The average Bonchev–Trinajstić information content (AvgIpc) is 3.57. The van der Waals surface area contributed by atoms with E-state index in [1.807, 2.05) is 0 Å². The van der Waals surface area contributed by atoms with E-state index in [1.54, 1.807) is 6.21 Å². The summed E-state index contributed by atoms with van der Waals surface area (Å²) >= 11 is 0. The molecule has 3 unspecified atom stereocenters. The van der Waals surface area contributed by atoms with Gasteiger partial charge < -0.3 is 5.73 Å². The molecule has 13 heteroatoms. The number of amides is 1. The molecule has 0 aliphatic heterocycles. The lowest BCUT2D eigenvalue weighted by molar-refractivity contribution is -0.384. The van der Waals surface area contributed by atoms with Crippen LogP contribution >= 0.6 is 0 Å². The Morgan fingerprint density at radius 1 is 1.28 bits per heavy atom. The number of nitrogens with zero attached hydrogens (tertiary/aromatic N) is 7. The maximum absolute atomic E-state index is 12.9. The van der Waals surface area contributed by atoms with Crippen LogP contribution in [0.1, 0.15) is 23.3 Å². The number of carbonyl (C=O) groups excluding carboxylic acids is 1. The number of anilines is 1. The van der Waals surface area contributed by atoms with Gasteiger partial charge in [-0.15, -0.1) is 5.10 Å². The molecular weight excluding hydrogens is 418 g/mol. The van der Waals surface area contributed by atoms with E-state index in [1.165, 1.54) is 28.9 Å². The molecule has 3 aromatic rings. The van der Waals surface area contributed by atoms with E-state index in [2.05, 4.69) is 47.9 Å². The van der Waals surface area contributed by atoms with Crippen LogP contribution in [0.4, 0.5) is 11.5 Å². The zero-order chi connectivity index (χ0) is 22.2. The Hall–Kier alpha value is -4.42. The van der Waals surface area contributed by atoms with Crippen molar-refractivity contribution in [2.75, 3.05) is 5.73 Å². The molecule has 32 heavy (non-hydrogen) atoms. The molecule has 1 saturated carbocycles. The number of hydrazone groups is 1. The Labute approximate surface area is 180 Å². The van der Waals surface area contributed by atoms with Crippen LogP contribution in [-0.4, -0.2) is 42.4 Å². The summed E-state index contributed by atoms with van der Waals surface area (Å²) in [6, 6.07) is 5.55. The summed E-state index contributed by atoms with van der Waals surface area (Å²) < 4.78 is 5.81. The lowest BCUT2D eigenvalue weighted by atomic mass is 9.95. The van der Waals surface area contributed by atoms with Gasteiger partial charge in [0.15, 0.2) is 5.69 Å². The first-order valence-electron chi connectivity index (χ1n) is 9.82. The number of nitrogens with one attached hydrogen (secondary N) is 1. The lowest BCUT2D eigenvalue weighted by Gasteiger charge is -2.11. The molecule has 1 fully saturated rings. The van der Waals surface area contributed by atoms with E-state index in [-0.39, 0.29) is 34.6 Å². The van der Waals surface area contributed by atoms with Gasteiger partial charge in [-0.3, -0.25) is 14.9 Å². The summed E-state index contributed by atoms with van der Waals surface area (Å²) in [4.78, 5) is 23.3. The number of hydrogen-bond donors (Lipinski definition) is 2. The minimum Gasteiger partial charge on any atom is -0.378 e. The summed E-state index contributed by atoms with van der Waals surface area (Å²) in [6.45, 7) is 0. The molecule has 2 heterocycles. The Morgan fingerprint density at radius 2 is 2.09 bits per heavy atom. The van der Waals surface area contributed by atoms with Crippen LogP contribution in [0.25, 0.3) is 17.1 Å². The molecule has 2 aliphatic carbocycles. The monoisotopic (exact) mass is 435 g/mol. The van der Waals surface area contributed by atoms with Gasteiger partial charge in [0.25, 0.3) is 11.6 Å². The number of hydrogen-bond acceptors (Lipinski definition) is 10. The van der Waals surface area contributed by atoms with Gasteiger partial charge in [-0.1, -0.05) is 17.4 Å². The largest absolute Gasteiger partial charge is 0.378 e. The summed E-state index contributed by atoms with van der Waals surface area (Å²) in [5.41, 5.74) is 8.73. The van der Waals surface area contributed by atoms with Gasteiger partial charge in [-0.2, -0.15) is 9.78 Å². The Kier molecular flexibility index (Phi) is 4.69. The molecule has 2 aliphatic rings. The van der Waals surface area contributed by atoms with Crippen molar-refractivity contribution in [2.45, 2.75) is 12.8 Å². The molecule has 3 atom stereocenters. The molecule has 1 aromatic carbocycles. The molecule has 0 spiro atoms. The van der Waals surface area contributed by atoms with E-state index in [0.29, 0.717) is 17.4 Å². The van der Waals surface area contributed by atoms with Crippen LogP contribution in [0.3, 0.4) is 0 Å². The molecule has 0 saturated heterocycles. The second-order valence-electron chi connectivity index (χ2n) is 7.64. The highest BCUT2D eigenvalue weighted by atomic mass is 16.6. The first-order valence-corrected chi connectivity index (χ1v) is 9.82. The molecule has 5 rings (SSSR count). The maximum atomic E-state index is 12.9. The molecule has 1 amide bonds. The fourth-order valence-electron chi connectivity index (χ4n) is 4.16. The third-order valence-corrected chi connectivity index (χ3v) is 5.70. The zero-order valence-corrected chi connectivity index (χ0v) is 16.5. The topological polar surface area (TPSA) is 180 Å². The van der Waals surface area contributed by atoms with Gasteiger partial charge in [-0.25, -0.2) is 10.1 Å². The van der Waals surface area contributed by atoms with Crippen molar-refractivity contribution in [3.63, 3.8) is 0 Å². The number of non-ortho nitro benzene ring substituents is 1. The highest BCUT2D eigenvalue weighted by molar-refractivity contribution is 5.98. The highest BCUT2D eigenvalue weighted by Gasteiger charge is 2.34. The van der Waals surface area contributed by atoms with Crippen molar-refractivity contribution in [3.05, 3.63) is 52.2 Å². The van der Waals surface area contributed by atoms with Gasteiger partial charge in [0.2, 0.25) is 11.6 Å². The number of rotatable bonds is 6. The molecule has 0 radical (unpaired) electrons. The van der Waals surface area contributed by atoms with E-state index in [0.717, 1.165) is 12.8 Å². The Bertz CT molecular complexity index is 1240. The molecule has 162 valence electrons. The second-order valence-corrected chi connectivity index (χ2v) is 7.64. The SMILES string of the molecule is Nc1nonc1-n1nnc(C(=O)NN=CC2CC3C=CC2C3)c1-c1ccc([N+](=O)[O-])cc1. The second kappa shape index (κ2) is 7.68. The smallest absolute Gasteiger partial charge is 0.294 e. The number of nitrogen functional groups attached to an aromatic ring is 1. The number of carbonyl (C=O) groups is 1. The lowest BCUT2D eigenvalue weighted by Crippen LogP contribution is -2.21.